The number of amides is 2. The molecule has 3 aromatic carbocycles. The van der Waals surface area contributed by atoms with Crippen LogP contribution >= 0.6 is 0 Å². The van der Waals surface area contributed by atoms with Crippen molar-refractivity contribution >= 4 is 33.2 Å². The van der Waals surface area contributed by atoms with Crippen LogP contribution in [0.3, 0.4) is 0 Å². The van der Waals surface area contributed by atoms with Crippen molar-refractivity contribution in [1.82, 2.24) is 4.90 Å². The third-order valence-electron chi connectivity index (χ3n) is 5.77. The van der Waals surface area contributed by atoms with Crippen molar-refractivity contribution in [1.29, 1.82) is 0 Å². The van der Waals surface area contributed by atoms with E-state index < -0.39 is 22.5 Å². The highest BCUT2D eigenvalue weighted by Crippen LogP contribution is 2.21. The molecule has 0 aromatic heterocycles. The van der Waals surface area contributed by atoms with E-state index in [1.165, 1.54) is 12.1 Å². The lowest BCUT2D eigenvalue weighted by molar-refractivity contribution is -0.114. The minimum Gasteiger partial charge on any atom is -0.489 e. The maximum Gasteiger partial charge on any atom is 0.254 e. The molecule has 194 valence electrons. The van der Waals surface area contributed by atoms with Crippen LogP contribution in [0, 0.1) is 0 Å². The SMILES string of the molecule is CS(=O)(=O)N(CC(=O)Nc1ccc(OCc2ccccc2)cc1)c1ccc(C(=O)N2CCOCC2)cc1. The van der Waals surface area contributed by atoms with Crippen molar-refractivity contribution < 1.29 is 27.5 Å². The number of carbonyl (C=O) groups is 2. The fraction of sp³-hybridized carbons (Fsp3) is 0.259. The zero-order valence-corrected chi connectivity index (χ0v) is 21.3. The Bertz CT molecular complexity index is 1310. The zero-order valence-electron chi connectivity index (χ0n) is 20.5. The largest absolute Gasteiger partial charge is 0.489 e. The lowest BCUT2D eigenvalue weighted by atomic mass is 10.1. The van der Waals surface area contributed by atoms with Crippen LogP contribution in [0.5, 0.6) is 5.75 Å². The minimum atomic E-state index is -3.76. The maximum absolute atomic E-state index is 12.7. The van der Waals surface area contributed by atoms with Gasteiger partial charge in [-0.15, -0.1) is 0 Å². The molecule has 0 atom stereocenters. The highest BCUT2D eigenvalue weighted by Gasteiger charge is 2.23. The summed E-state index contributed by atoms with van der Waals surface area (Å²) >= 11 is 0. The van der Waals surface area contributed by atoms with Gasteiger partial charge in [0.15, 0.2) is 0 Å². The molecule has 1 heterocycles. The van der Waals surface area contributed by atoms with Gasteiger partial charge in [-0.1, -0.05) is 30.3 Å². The third-order valence-corrected chi connectivity index (χ3v) is 6.92. The second-order valence-corrected chi connectivity index (χ2v) is 10.5. The Morgan fingerprint density at radius 2 is 1.59 bits per heavy atom. The predicted octanol–water partition coefficient (Wildman–Crippen LogP) is 3.14. The van der Waals surface area contributed by atoms with Crippen molar-refractivity contribution in [3.8, 4) is 5.75 Å². The van der Waals surface area contributed by atoms with E-state index in [1.54, 1.807) is 41.3 Å². The van der Waals surface area contributed by atoms with Crippen LogP contribution in [0.2, 0.25) is 0 Å². The van der Waals surface area contributed by atoms with Gasteiger partial charge in [0, 0.05) is 24.3 Å². The van der Waals surface area contributed by atoms with Gasteiger partial charge in [0.1, 0.15) is 18.9 Å². The van der Waals surface area contributed by atoms with Crippen LogP contribution in [0.1, 0.15) is 15.9 Å². The number of sulfonamides is 1. The van der Waals surface area contributed by atoms with Gasteiger partial charge in [-0.25, -0.2) is 8.42 Å². The first-order valence-corrected chi connectivity index (χ1v) is 13.7. The molecule has 1 N–H and O–H groups in total. The summed E-state index contributed by atoms with van der Waals surface area (Å²) in [7, 11) is -3.76. The van der Waals surface area contributed by atoms with Crippen molar-refractivity contribution in [3.63, 3.8) is 0 Å². The first-order valence-electron chi connectivity index (χ1n) is 11.8. The van der Waals surface area contributed by atoms with E-state index in [-0.39, 0.29) is 5.91 Å². The molecule has 2 amide bonds. The van der Waals surface area contributed by atoms with Crippen LogP contribution in [0.15, 0.2) is 78.9 Å². The van der Waals surface area contributed by atoms with Crippen LogP contribution in [-0.2, 0) is 26.2 Å². The number of benzene rings is 3. The Kier molecular flexibility index (Phi) is 8.42. The van der Waals surface area contributed by atoms with Gasteiger partial charge in [-0.3, -0.25) is 13.9 Å². The molecule has 0 unspecified atom stereocenters. The third kappa shape index (κ3) is 7.31. The Morgan fingerprint density at radius 3 is 2.22 bits per heavy atom. The molecule has 0 radical (unpaired) electrons. The molecule has 10 heteroatoms. The lowest BCUT2D eigenvalue weighted by Crippen LogP contribution is -2.40. The van der Waals surface area contributed by atoms with E-state index in [1.807, 2.05) is 30.3 Å². The molecule has 0 saturated carbocycles. The van der Waals surface area contributed by atoms with E-state index in [2.05, 4.69) is 5.32 Å². The van der Waals surface area contributed by atoms with Crippen molar-refractivity contribution in [2.24, 2.45) is 0 Å². The average Bonchev–Trinajstić information content (AvgIpc) is 2.91. The summed E-state index contributed by atoms with van der Waals surface area (Å²) < 4.78 is 36.9. The van der Waals surface area contributed by atoms with Crippen LogP contribution in [0.25, 0.3) is 0 Å². The first-order chi connectivity index (χ1) is 17.8. The predicted molar refractivity (Wildman–Crippen MR) is 141 cm³/mol. The normalized spacial score (nSPS) is 13.6. The van der Waals surface area contributed by atoms with Gasteiger partial charge >= 0.3 is 0 Å². The second kappa shape index (κ2) is 11.9. The number of nitrogens with zero attached hydrogens (tertiary/aromatic N) is 2. The van der Waals surface area contributed by atoms with E-state index >= 15 is 0 Å². The summed E-state index contributed by atoms with van der Waals surface area (Å²) in [5, 5.41) is 2.71. The first kappa shape index (κ1) is 26.2. The molecule has 1 saturated heterocycles. The standard InChI is InChI=1S/C27H29N3O6S/c1-37(33,34)30(24-11-7-22(8-12-24)27(32)29-15-17-35-18-16-29)19-26(31)28-23-9-13-25(14-10-23)36-20-21-5-3-2-4-6-21/h2-14H,15-20H2,1H3,(H,28,31). The lowest BCUT2D eigenvalue weighted by Gasteiger charge is -2.27. The van der Waals surface area contributed by atoms with Crippen molar-refractivity contribution in [2.75, 3.05) is 48.7 Å². The number of hydrogen-bond donors (Lipinski definition) is 1. The molecule has 1 aliphatic rings. The summed E-state index contributed by atoms with van der Waals surface area (Å²) in [6.07, 6.45) is 1.03. The number of nitrogens with one attached hydrogen (secondary N) is 1. The van der Waals surface area contributed by atoms with Gasteiger partial charge in [0.25, 0.3) is 5.91 Å². The van der Waals surface area contributed by atoms with Gasteiger partial charge in [0.05, 0.1) is 25.2 Å². The highest BCUT2D eigenvalue weighted by molar-refractivity contribution is 7.92. The number of ether oxygens (including phenoxy) is 2. The number of rotatable bonds is 9. The molecule has 1 aliphatic heterocycles. The summed E-state index contributed by atoms with van der Waals surface area (Å²) in [6, 6.07) is 22.8. The quantitative estimate of drug-likeness (QED) is 0.462. The van der Waals surface area contributed by atoms with Gasteiger partial charge in [-0.2, -0.15) is 0 Å². The number of anilines is 2. The smallest absolute Gasteiger partial charge is 0.254 e. The van der Waals surface area contributed by atoms with E-state index in [4.69, 9.17) is 9.47 Å². The van der Waals surface area contributed by atoms with Crippen molar-refractivity contribution in [2.45, 2.75) is 6.61 Å². The van der Waals surface area contributed by atoms with Crippen LogP contribution in [0.4, 0.5) is 11.4 Å². The van der Waals surface area contributed by atoms with Crippen LogP contribution in [-0.4, -0.2) is 64.2 Å². The van der Waals surface area contributed by atoms with Gasteiger partial charge in [0.2, 0.25) is 15.9 Å². The summed E-state index contributed by atoms with van der Waals surface area (Å²) in [5.74, 6) is -0.00197. The Balaban J connectivity index is 1.36. The average molecular weight is 524 g/mol. The Labute approximate surface area is 216 Å². The molecule has 3 aromatic rings. The minimum absolute atomic E-state index is 0.144. The fourth-order valence-electron chi connectivity index (χ4n) is 3.83. The topological polar surface area (TPSA) is 105 Å². The molecular weight excluding hydrogens is 494 g/mol. The van der Waals surface area contributed by atoms with E-state index in [0.717, 1.165) is 16.1 Å². The monoisotopic (exact) mass is 523 g/mol. The second-order valence-electron chi connectivity index (χ2n) is 8.57. The van der Waals surface area contributed by atoms with E-state index in [9.17, 15) is 18.0 Å². The van der Waals surface area contributed by atoms with Crippen LogP contribution < -0.4 is 14.4 Å². The van der Waals surface area contributed by atoms with Gasteiger partial charge < -0.3 is 19.7 Å². The Morgan fingerprint density at radius 1 is 0.946 bits per heavy atom. The van der Waals surface area contributed by atoms with E-state index in [0.29, 0.717) is 55.6 Å². The molecule has 37 heavy (non-hydrogen) atoms. The number of carbonyl (C=O) groups excluding carboxylic acids is 2. The summed E-state index contributed by atoms with van der Waals surface area (Å²) in [5.41, 5.74) is 2.29. The summed E-state index contributed by atoms with van der Waals surface area (Å²) in [6.45, 7) is 2.01. The van der Waals surface area contributed by atoms with Crippen molar-refractivity contribution in [3.05, 3.63) is 90.0 Å². The number of morpholine rings is 1. The molecule has 0 bridgehead atoms. The zero-order chi connectivity index (χ0) is 26.3. The molecule has 4 rings (SSSR count). The molecule has 0 aliphatic carbocycles. The molecule has 1 fully saturated rings. The molecule has 0 spiro atoms. The molecule has 9 nitrogen and oxygen atoms in total. The highest BCUT2D eigenvalue weighted by atomic mass is 32.2. The summed E-state index contributed by atoms with van der Waals surface area (Å²) in [4.78, 5) is 27.1. The Hall–Kier alpha value is -3.89. The molecular formula is C27H29N3O6S. The maximum atomic E-state index is 12.7. The fourth-order valence-corrected chi connectivity index (χ4v) is 4.68. The van der Waals surface area contributed by atoms with Gasteiger partial charge in [-0.05, 0) is 54.1 Å². The number of hydrogen-bond acceptors (Lipinski definition) is 6.